The lowest BCUT2D eigenvalue weighted by atomic mass is 9.92. The smallest absolute Gasteiger partial charge is 0.0553 e. The molecule has 0 radical (unpaired) electrons. The molecule has 0 bridgehead atoms. The second-order valence-corrected chi connectivity index (χ2v) is 16.0. The van der Waals surface area contributed by atoms with Crippen molar-refractivity contribution in [2.75, 3.05) is 4.90 Å². The van der Waals surface area contributed by atoms with Gasteiger partial charge in [0.25, 0.3) is 0 Å². The fourth-order valence-corrected chi connectivity index (χ4v) is 10.1. The van der Waals surface area contributed by atoms with Crippen LogP contribution >= 0.6 is 0 Å². The van der Waals surface area contributed by atoms with E-state index in [1.54, 1.807) is 0 Å². The second kappa shape index (κ2) is 13.2. The van der Waals surface area contributed by atoms with Crippen LogP contribution in [0.25, 0.3) is 98.4 Å². The summed E-state index contributed by atoms with van der Waals surface area (Å²) in [6, 6.07) is 75.5. The zero-order chi connectivity index (χ0) is 40.0. The highest BCUT2D eigenvalue weighted by Gasteiger charge is 2.22. The summed E-state index contributed by atoms with van der Waals surface area (Å²) in [5, 5.41) is 12.7. The van der Waals surface area contributed by atoms with Crippen LogP contribution in [0.4, 0.5) is 17.1 Å². The lowest BCUT2D eigenvalue weighted by Gasteiger charge is -2.27. The lowest BCUT2D eigenvalue weighted by Crippen LogP contribution is -2.11. The number of para-hydroxylation sites is 4. The fraction of sp³-hybridized carbons (Fsp3) is 0. The first-order valence-electron chi connectivity index (χ1n) is 20.9. The molecule has 0 N–H and O–H groups in total. The number of hydrogen-bond donors (Lipinski definition) is 0. The molecule has 0 atom stereocenters. The molecule has 13 aromatic rings. The first kappa shape index (κ1) is 33.7. The average Bonchev–Trinajstić information content (AvgIpc) is 3.84. The molecule has 0 spiro atoms. The molecule has 61 heavy (non-hydrogen) atoms. The van der Waals surface area contributed by atoms with Crippen molar-refractivity contribution >= 4 is 93.0 Å². The Morgan fingerprint density at radius 3 is 1.61 bits per heavy atom. The first-order valence-corrected chi connectivity index (χ1v) is 20.9. The highest BCUT2D eigenvalue weighted by atomic mass is 15.1. The number of aromatic nitrogens is 3. The van der Waals surface area contributed by atoms with Crippen molar-refractivity contribution in [3.05, 3.63) is 219 Å². The van der Waals surface area contributed by atoms with Gasteiger partial charge in [-0.15, -0.1) is 0 Å². The normalized spacial score (nSPS) is 11.9. The van der Waals surface area contributed by atoms with Crippen LogP contribution in [0.15, 0.2) is 219 Å². The van der Waals surface area contributed by atoms with E-state index in [0.29, 0.717) is 0 Å². The van der Waals surface area contributed by atoms with Crippen LogP contribution in [0.5, 0.6) is 0 Å². The van der Waals surface area contributed by atoms with E-state index >= 15 is 0 Å². The Labute approximate surface area is 351 Å². The van der Waals surface area contributed by atoms with Crippen LogP contribution in [-0.2, 0) is 0 Å². The fourth-order valence-electron chi connectivity index (χ4n) is 10.1. The highest BCUT2D eigenvalue weighted by molar-refractivity contribution is 6.33. The highest BCUT2D eigenvalue weighted by Crippen LogP contribution is 2.45. The Morgan fingerprint density at radius 2 is 0.918 bits per heavy atom. The van der Waals surface area contributed by atoms with Gasteiger partial charge in [0.1, 0.15) is 0 Å². The van der Waals surface area contributed by atoms with E-state index in [2.05, 4.69) is 219 Å². The standard InChI is InChI=1S/C57H36N4/c1-2-15-42(16-3-1)59(43-28-25-37(26-29-43)41-14-11-31-58-36-41)44-33-45(60-51-20-7-4-17-47(51)48-18-5-8-21-52(48)60)35-46(34-44)61-53-22-9-6-19-49(53)57-50-30-27-39-13-10-12-38-23-24-40(32-54(57)61)56(50)55(38)39/h1-36H. The number of fused-ring (bicyclic) bond motifs is 7. The molecule has 10 aromatic carbocycles. The van der Waals surface area contributed by atoms with E-state index in [-0.39, 0.29) is 0 Å². The molecule has 0 aliphatic heterocycles. The molecule has 284 valence electrons. The first-order chi connectivity index (χ1) is 30.3. The predicted octanol–water partition coefficient (Wildman–Crippen LogP) is 15.3. The maximum Gasteiger partial charge on any atom is 0.0553 e. The second-order valence-electron chi connectivity index (χ2n) is 16.0. The van der Waals surface area contributed by atoms with Gasteiger partial charge in [-0.3, -0.25) is 4.98 Å². The van der Waals surface area contributed by atoms with Crippen LogP contribution in [0, 0.1) is 0 Å². The van der Waals surface area contributed by atoms with Crippen molar-refractivity contribution in [3.8, 4) is 22.5 Å². The SMILES string of the molecule is c1ccc(N(c2ccc(-c3cccnc3)cc2)c2cc(-n3c4ccccc4c4ccccc43)cc(-n3c4ccccc4c4c5ccc6cccc7ccc(cc43)c5c76)c2)cc1. The Kier molecular flexibility index (Phi) is 7.27. The summed E-state index contributed by atoms with van der Waals surface area (Å²) in [7, 11) is 0. The quantitative estimate of drug-likeness (QED) is 0.157. The summed E-state index contributed by atoms with van der Waals surface area (Å²) in [4.78, 5) is 6.78. The van der Waals surface area contributed by atoms with Crippen molar-refractivity contribution in [2.45, 2.75) is 0 Å². The number of nitrogens with zero attached hydrogens (tertiary/aromatic N) is 4. The van der Waals surface area contributed by atoms with Gasteiger partial charge in [-0.1, -0.05) is 133 Å². The minimum Gasteiger partial charge on any atom is -0.310 e. The molecule has 0 amide bonds. The molecule has 4 nitrogen and oxygen atoms in total. The largest absolute Gasteiger partial charge is 0.310 e. The van der Waals surface area contributed by atoms with Gasteiger partial charge >= 0.3 is 0 Å². The molecule has 3 heterocycles. The molecule has 3 aromatic heterocycles. The van der Waals surface area contributed by atoms with Gasteiger partial charge in [-0.2, -0.15) is 0 Å². The van der Waals surface area contributed by atoms with Gasteiger partial charge in [0.05, 0.1) is 39.1 Å². The molecular weight excluding hydrogens is 741 g/mol. The molecule has 0 saturated carbocycles. The van der Waals surface area contributed by atoms with Crippen LogP contribution in [0.2, 0.25) is 0 Å². The summed E-state index contributed by atoms with van der Waals surface area (Å²) in [6.07, 6.45) is 3.74. The van der Waals surface area contributed by atoms with Gasteiger partial charge in [0.15, 0.2) is 0 Å². The molecule has 4 heteroatoms. The van der Waals surface area contributed by atoms with Gasteiger partial charge in [0.2, 0.25) is 0 Å². The van der Waals surface area contributed by atoms with E-state index < -0.39 is 0 Å². The monoisotopic (exact) mass is 776 g/mol. The molecule has 0 aliphatic rings. The zero-order valence-corrected chi connectivity index (χ0v) is 33.1. The summed E-state index contributed by atoms with van der Waals surface area (Å²) < 4.78 is 4.94. The van der Waals surface area contributed by atoms with Crippen LogP contribution in [0.3, 0.4) is 0 Å². The molecule has 0 fully saturated rings. The van der Waals surface area contributed by atoms with Crippen LogP contribution in [-0.4, -0.2) is 14.1 Å². The van der Waals surface area contributed by atoms with Gasteiger partial charge < -0.3 is 14.0 Å². The van der Waals surface area contributed by atoms with Gasteiger partial charge in [0, 0.05) is 45.3 Å². The number of rotatable bonds is 6. The topological polar surface area (TPSA) is 26.0 Å². The third-order valence-corrected chi connectivity index (χ3v) is 12.7. The average molecular weight is 777 g/mol. The molecular formula is C57H36N4. The van der Waals surface area contributed by atoms with Crippen molar-refractivity contribution in [3.63, 3.8) is 0 Å². The van der Waals surface area contributed by atoms with Crippen molar-refractivity contribution in [1.29, 1.82) is 0 Å². The van der Waals surface area contributed by atoms with Gasteiger partial charge in [-0.05, 0) is 116 Å². The number of benzene rings is 10. The Bertz CT molecular complexity index is 3740. The summed E-state index contributed by atoms with van der Waals surface area (Å²) in [5.41, 5.74) is 12.3. The molecule has 0 aliphatic carbocycles. The Balaban J connectivity index is 1.14. The number of pyridine rings is 1. The lowest BCUT2D eigenvalue weighted by molar-refractivity contribution is 1.12. The third kappa shape index (κ3) is 5.09. The minimum absolute atomic E-state index is 1.05. The van der Waals surface area contributed by atoms with E-state index in [0.717, 1.165) is 39.6 Å². The molecule has 13 rings (SSSR count). The van der Waals surface area contributed by atoms with Gasteiger partial charge in [-0.25, -0.2) is 0 Å². The summed E-state index contributed by atoms with van der Waals surface area (Å²) in [5.74, 6) is 0. The molecule has 0 saturated heterocycles. The van der Waals surface area contributed by atoms with Crippen molar-refractivity contribution < 1.29 is 0 Å². The van der Waals surface area contributed by atoms with Crippen LogP contribution in [0.1, 0.15) is 0 Å². The maximum atomic E-state index is 4.39. The van der Waals surface area contributed by atoms with Crippen molar-refractivity contribution in [1.82, 2.24) is 14.1 Å². The van der Waals surface area contributed by atoms with E-state index in [9.17, 15) is 0 Å². The Morgan fingerprint density at radius 1 is 0.328 bits per heavy atom. The summed E-state index contributed by atoms with van der Waals surface area (Å²) >= 11 is 0. The number of hydrogen-bond acceptors (Lipinski definition) is 2. The predicted molar refractivity (Wildman–Crippen MR) is 257 cm³/mol. The summed E-state index contributed by atoms with van der Waals surface area (Å²) in [6.45, 7) is 0. The molecule has 0 unspecified atom stereocenters. The van der Waals surface area contributed by atoms with Crippen LogP contribution < -0.4 is 4.90 Å². The Hall–Kier alpha value is -8.21. The van der Waals surface area contributed by atoms with E-state index in [4.69, 9.17) is 0 Å². The van der Waals surface area contributed by atoms with E-state index in [1.165, 1.54) is 75.9 Å². The number of anilines is 3. The minimum atomic E-state index is 1.05. The van der Waals surface area contributed by atoms with Crippen molar-refractivity contribution in [2.24, 2.45) is 0 Å². The maximum absolute atomic E-state index is 4.39. The third-order valence-electron chi connectivity index (χ3n) is 12.7. The zero-order valence-electron chi connectivity index (χ0n) is 33.1. The van der Waals surface area contributed by atoms with E-state index in [1.807, 2.05) is 18.5 Å².